The largest absolute Gasteiger partial charge is 0.466 e. The molecule has 2 fully saturated rings. The van der Waals surface area contributed by atoms with Crippen molar-refractivity contribution in [3.8, 4) is 0 Å². The van der Waals surface area contributed by atoms with Gasteiger partial charge in [0.15, 0.2) is 0 Å². The van der Waals surface area contributed by atoms with E-state index in [0.717, 1.165) is 56.2 Å². The van der Waals surface area contributed by atoms with Gasteiger partial charge in [0.05, 0.1) is 5.56 Å². The molecular formula is C21H32N2O2. The molecule has 0 aromatic carbocycles. The smallest absolute Gasteiger partial charge is 0.257 e. The topological polar surface area (TPSA) is 36.7 Å². The molecule has 0 bridgehead atoms. The zero-order valence-corrected chi connectivity index (χ0v) is 16.0. The Morgan fingerprint density at radius 2 is 2.08 bits per heavy atom. The molecule has 138 valence electrons. The standard InChI is InChI=1S/C21H32N2O2/c1-4-5-6-7-11-22-13-10-21(15-22)9-8-12-23(16-21)20(24)19-14-17(2)25-18(19)3/h6-7,14H,4-5,8-13,15-16H2,1-3H3/b7-6+/t21-/m1/s1. The summed E-state index contributed by atoms with van der Waals surface area (Å²) in [6, 6.07) is 1.89. The van der Waals surface area contributed by atoms with E-state index in [0.29, 0.717) is 5.41 Å². The molecule has 0 unspecified atom stereocenters. The predicted octanol–water partition coefficient (Wildman–Crippen LogP) is 4.18. The van der Waals surface area contributed by atoms with Gasteiger partial charge in [0.25, 0.3) is 5.91 Å². The van der Waals surface area contributed by atoms with Crippen molar-refractivity contribution in [1.82, 2.24) is 9.80 Å². The van der Waals surface area contributed by atoms with Crippen LogP contribution in [-0.2, 0) is 0 Å². The van der Waals surface area contributed by atoms with Crippen molar-refractivity contribution < 1.29 is 9.21 Å². The van der Waals surface area contributed by atoms with E-state index in [9.17, 15) is 4.79 Å². The number of hydrogen-bond donors (Lipinski definition) is 0. The molecule has 3 heterocycles. The molecule has 1 amide bonds. The van der Waals surface area contributed by atoms with Gasteiger partial charge in [0.2, 0.25) is 0 Å². The molecule has 1 aromatic rings. The predicted molar refractivity (Wildman–Crippen MR) is 101 cm³/mol. The van der Waals surface area contributed by atoms with E-state index in [1.54, 1.807) is 0 Å². The van der Waals surface area contributed by atoms with Crippen molar-refractivity contribution in [2.75, 3.05) is 32.7 Å². The Morgan fingerprint density at radius 3 is 2.80 bits per heavy atom. The van der Waals surface area contributed by atoms with Crippen LogP contribution in [0, 0.1) is 19.3 Å². The number of amides is 1. The van der Waals surface area contributed by atoms with E-state index in [2.05, 4.69) is 28.9 Å². The quantitative estimate of drug-likeness (QED) is 0.752. The number of furan rings is 1. The van der Waals surface area contributed by atoms with Crippen molar-refractivity contribution >= 4 is 5.91 Å². The van der Waals surface area contributed by atoms with Gasteiger partial charge in [-0.15, -0.1) is 0 Å². The van der Waals surface area contributed by atoms with Crippen LogP contribution in [0.4, 0.5) is 0 Å². The van der Waals surface area contributed by atoms with E-state index in [-0.39, 0.29) is 5.91 Å². The summed E-state index contributed by atoms with van der Waals surface area (Å²) >= 11 is 0. The zero-order valence-electron chi connectivity index (χ0n) is 16.0. The fraction of sp³-hybridized carbons (Fsp3) is 0.667. The number of rotatable bonds is 5. The lowest BCUT2D eigenvalue weighted by Crippen LogP contribution is -2.47. The highest BCUT2D eigenvalue weighted by molar-refractivity contribution is 5.95. The lowest BCUT2D eigenvalue weighted by molar-refractivity contribution is 0.0530. The van der Waals surface area contributed by atoms with Gasteiger partial charge in [0.1, 0.15) is 11.5 Å². The van der Waals surface area contributed by atoms with Gasteiger partial charge in [-0.2, -0.15) is 0 Å². The number of allylic oxidation sites excluding steroid dienone is 1. The third kappa shape index (κ3) is 4.17. The molecule has 0 radical (unpaired) electrons. The Bertz CT molecular complexity index is 634. The number of aryl methyl sites for hydroxylation is 2. The third-order valence-corrected chi connectivity index (χ3v) is 5.72. The molecule has 4 nitrogen and oxygen atoms in total. The number of unbranched alkanes of at least 4 members (excludes halogenated alkanes) is 1. The summed E-state index contributed by atoms with van der Waals surface area (Å²) in [5.74, 6) is 1.71. The summed E-state index contributed by atoms with van der Waals surface area (Å²) in [6.45, 7) is 11.1. The number of likely N-dealkylation sites (tertiary alicyclic amines) is 2. The third-order valence-electron chi connectivity index (χ3n) is 5.72. The Balaban J connectivity index is 1.61. The maximum Gasteiger partial charge on any atom is 0.257 e. The average Bonchev–Trinajstić information content (AvgIpc) is 3.14. The molecule has 25 heavy (non-hydrogen) atoms. The minimum Gasteiger partial charge on any atom is -0.466 e. The van der Waals surface area contributed by atoms with Crippen LogP contribution in [0.3, 0.4) is 0 Å². The van der Waals surface area contributed by atoms with E-state index in [1.165, 1.54) is 25.7 Å². The SMILES string of the molecule is CCC/C=C/CN1CC[C@]2(CCCN(C(=O)c3cc(C)oc3C)C2)C1. The molecule has 2 aliphatic rings. The van der Waals surface area contributed by atoms with Crippen molar-refractivity contribution in [3.05, 3.63) is 35.3 Å². The molecule has 1 atom stereocenters. The van der Waals surface area contributed by atoms with Crippen LogP contribution in [0.25, 0.3) is 0 Å². The minimum atomic E-state index is 0.148. The fourth-order valence-corrected chi connectivity index (χ4v) is 4.42. The van der Waals surface area contributed by atoms with Crippen LogP contribution in [-0.4, -0.2) is 48.4 Å². The highest BCUT2D eigenvalue weighted by Crippen LogP contribution is 2.39. The van der Waals surface area contributed by atoms with Gasteiger partial charge < -0.3 is 9.32 Å². The monoisotopic (exact) mass is 344 g/mol. The summed E-state index contributed by atoms with van der Waals surface area (Å²) in [5.41, 5.74) is 1.03. The molecular weight excluding hydrogens is 312 g/mol. The zero-order chi connectivity index (χ0) is 17.9. The Labute approximate surface area is 151 Å². The number of nitrogens with zero attached hydrogens (tertiary/aromatic N) is 2. The second kappa shape index (κ2) is 7.77. The first-order valence-corrected chi connectivity index (χ1v) is 9.77. The van der Waals surface area contributed by atoms with Crippen molar-refractivity contribution in [1.29, 1.82) is 0 Å². The molecule has 4 heteroatoms. The number of carbonyl (C=O) groups excluding carboxylic acids is 1. The maximum absolute atomic E-state index is 12.9. The lowest BCUT2D eigenvalue weighted by Gasteiger charge is -2.40. The van der Waals surface area contributed by atoms with Crippen LogP contribution in [0.1, 0.15) is 60.9 Å². The van der Waals surface area contributed by atoms with Crippen LogP contribution in [0.15, 0.2) is 22.6 Å². The number of piperidine rings is 1. The first kappa shape index (κ1) is 18.2. The molecule has 1 aromatic heterocycles. The van der Waals surface area contributed by atoms with Crippen molar-refractivity contribution in [3.63, 3.8) is 0 Å². The average molecular weight is 344 g/mol. The van der Waals surface area contributed by atoms with Crippen LogP contribution < -0.4 is 0 Å². The van der Waals surface area contributed by atoms with Crippen LogP contribution >= 0.6 is 0 Å². The number of hydrogen-bond acceptors (Lipinski definition) is 3. The second-order valence-corrected chi connectivity index (χ2v) is 7.90. The van der Waals surface area contributed by atoms with Gasteiger partial charge in [-0.1, -0.05) is 25.5 Å². The molecule has 2 aliphatic heterocycles. The van der Waals surface area contributed by atoms with Crippen molar-refractivity contribution in [2.24, 2.45) is 5.41 Å². The molecule has 0 saturated carbocycles. The minimum absolute atomic E-state index is 0.148. The highest BCUT2D eigenvalue weighted by Gasteiger charge is 2.42. The molecule has 1 spiro atoms. The Hall–Kier alpha value is -1.55. The number of carbonyl (C=O) groups is 1. The van der Waals surface area contributed by atoms with Gasteiger partial charge in [-0.05, 0) is 52.1 Å². The van der Waals surface area contributed by atoms with Crippen LogP contribution in [0.2, 0.25) is 0 Å². The lowest BCUT2D eigenvalue weighted by atomic mass is 9.79. The normalized spacial score (nSPS) is 24.7. The van der Waals surface area contributed by atoms with Gasteiger partial charge in [0, 0.05) is 31.6 Å². The Morgan fingerprint density at radius 1 is 1.24 bits per heavy atom. The van der Waals surface area contributed by atoms with Gasteiger partial charge >= 0.3 is 0 Å². The molecule has 2 saturated heterocycles. The van der Waals surface area contributed by atoms with Crippen molar-refractivity contribution in [2.45, 2.75) is 52.9 Å². The first-order chi connectivity index (χ1) is 12.0. The van der Waals surface area contributed by atoms with E-state index < -0.39 is 0 Å². The second-order valence-electron chi connectivity index (χ2n) is 7.90. The van der Waals surface area contributed by atoms with Crippen LogP contribution in [0.5, 0.6) is 0 Å². The molecule has 0 aliphatic carbocycles. The van der Waals surface area contributed by atoms with E-state index in [4.69, 9.17) is 4.42 Å². The van der Waals surface area contributed by atoms with E-state index in [1.807, 2.05) is 19.9 Å². The summed E-state index contributed by atoms with van der Waals surface area (Å²) in [5, 5.41) is 0. The maximum atomic E-state index is 12.9. The summed E-state index contributed by atoms with van der Waals surface area (Å²) < 4.78 is 5.56. The molecule has 3 rings (SSSR count). The summed E-state index contributed by atoms with van der Waals surface area (Å²) in [7, 11) is 0. The summed E-state index contributed by atoms with van der Waals surface area (Å²) in [6.07, 6.45) is 10.6. The first-order valence-electron chi connectivity index (χ1n) is 9.77. The van der Waals surface area contributed by atoms with Gasteiger partial charge in [-0.3, -0.25) is 9.69 Å². The van der Waals surface area contributed by atoms with Gasteiger partial charge in [-0.25, -0.2) is 0 Å². The highest BCUT2D eigenvalue weighted by atomic mass is 16.3. The Kier molecular flexibility index (Phi) is 5.67. The van der Waals surface area contributed by atoms with E-state index >= 15 is 0 Å². The fourth-order valence-electron chi connectivity index (χ4n) is 4.42. The molecule has 0 N–H and O–H groups in total. The summed E-state index contributed by atoms with van der Waals surface area (Å²) in [4.78, 5) is 17.6.